The Morgan fingerprint density at radius 2 is 2.00 bits per heavy atom. The van der Waals surface area contributed by atoms with Crippen LogP contribution in [0.3, 0.4) is 0 Å². The van der Waals surface area contributed by atoms with Gasteiger partial charge in [0.1, 0.15) is 5.75 Å². The molecule has 1 aliphatic carbocycles. The molecule has 0 saturated carbocycles. The molecule has 2 aliphatic rings. The van der Waals surface area contributed by atoms with Gasteiger partial charge in [0.05, 0.1) is 13.2 Å². The van der Waals surface area contributed by atoms with Crippen molar-refractivity contribution in [2.45, 2.75) is 18.9 Å². The van der Waals surface area contributed by atoms with E-state index in [9.17, 15) is 9.59 Å². The number of amides is 1. The van der Waals surface area contributed by atoms with Gasteiger partial charge in [0.25, 0.3) is 11.5 Å². The largest absolute Gasteiger partial charge is 0.423 e. The van der Waals surface area contributed by atoms with E-state index in [2.05, 4.69) is 16.9 Å². The van der Waals surface area contributed by atoms with Crippen molar-refractivity contribution in [3.63, 3.8) is 0 Å². The van der Waals surface area contributed by atoms with Gasteiger partial charge in [-0.15, -0.1) is 0 Å². The van der Waals surface area contributed by atoms with Crippen molar-refractivity contribution >= 4 is 11.9 Å². The first-order valence-corrected chi connectivity index (χ1v) is 9.35. The third-order valence-electron chi connectivity index (χ3n) is 4.99. The zero-order valence-corrected chi connectivity index (χ0v) is 15.6. The van der Waals surface area contributed by atoms with E-state index >= 15 is 0 Å². The minimum absolute atomic E-state index is 0.0103. The van der Waals surface area contributed by atoms with Gasteiger partial charge in [-0.05, 0) is 36.1 Å². The normalized spacial score (nSPS) is 20.2. The van der Waals surface area contributed by atoms with Gasteiger partial charge in [-0.25, -0.2) is 10.3 Å². The van der Waals surface area contributed by atoms with Crippen LogP contribution >= 0.6 is 0 Å². The predicted molar refractivity (Wildman–Crippen MR) is 102 cm³/mol. The lowest BCUT2D eigenvalue weighted by Crippen LogP contribution is -2.64. The SMILES string of the molecule is CCONC(=O)C1(C(=O)Oc2cccc3c2-c2ccccc2C3)CNCCO1. The Labute approximate surface area is 162 Å². The van der Waals surface area contributed by atoms with Crippen LogP contribution in [0.4, 0.5) is 0 Å². The number of benzene rings is 2. The molecule has 1 saturated heterocycles. The van der Waals surface area contributed by atoms with E-state index < -0.39 is 17.5 Å². The molecular weight excluding hydrogens is 360 g/mol. The molecule has 1 aliphatic heterocycles. The quantitative estimate of drug-likeness (QED) is 0.302. The Morgan fingerprint density at radius 3 is 2.79 bits per heavy atom. The smallest absolute Gasteiger partial charge is 0.355 e. The summed E-state index contributed by atoms with van der Waals surface area (Å²) in [5.74, 6) is -1.03. The van der Waals surface area contributed by atoms with Gasteiger partial charge in [-0.3, -0.25) is 9.63 Å². The molecule has 0 spiro atoms. The Hall–Kier alpha value is -2.74. The highest BCUT2D eigenvalue weighted by atomic mass is 16.7. The molecule has 2 aromatic rings. The third-order valence-corrected chi connectivity index (χ3v) is 4.99. The molecule has 0 radical (unpaired) electrons. The van der Waals surface area contributed by atoms with Crippen LogP contribution in [0.2, 0.25) is 0 Å². The zero-order valence-electron chi connectivity index (χ0n) is 15.6. The average molecular weight is 382 g/mol. The maximum absolute atomic E-state index is 13.1. The summed E-state index contributed by atoms with van der Waals surface area (Å²) in [5.41, 5.74) is 4.66. The van der Waals surface area contributed by atoms with Crippen LogP contribution < -0.4 is 15.5 Å². The standard InChI is InChI=1S/C21H22N2O5/c1-2-27-23-19(24)21(13-22-10-11-26-21)20(25)28-17-9-5-7-15-12-14-6-3-4-8-16(14)18(15)17/h3-9,22H,2,10-13H2,1H3,(H,23,24). The lowest BCUT2D eigenvalue weighted by molar-refractivity contribution is -0.180. The van der Waals surface area contributed by atoms with Crippen molar-refractivity contribution in [3.05, 3.63) is 53.6 Å². The van der Waals surface area contributed by atoms with Gasteiger partial charge in [0, 0.05) is 18.7 Å². The molecule has 4 rings (SSSR count). The van der Waals surface area contributed by atoms with E-state index in [-0.39, 0.29) is 19.8 Å². The van der Waals surface area contributed by atoms with E-state index in [1.54, 1.807) is 13.0 Å². The van der Waals surface area contributed by atoms with Gasteiger partial charge in [0.2, 0.25) is 0 Å². The lowest BCUT2D eigenvalue weighted by atomic mass is 10.0. The fourth-order valence-electron chi connectivity index (χ4n) is 3.62. The molecule has 1 unspecified atom stereocenters. The van der Waals surface area contributed by atoms with E-state index in [1.807, 2.05) is 30.3 Å². The van der Waals surface area contributed by atoms with E-state index in [1.165, 1.54) is 5.56 Å². The molecule has 1 amide bonds. The summed E-state index contributed by atoms with van der Waals surface area (Å²) >= 11 is 0. The number of nitrogens with one attached hydrogen (secondary N) is 2. The first-order valence-electron chi connectivity index (χ1n) is 9.35. The molecule has 28 heavy (non-hydrogen) atoms. The number of morpholine rings is 1. The van der Waals surface area contributed by atoms with E-state index in [0.29, 0.717) is 12.3 Å². The van der Waals surface area contributed by atoms with Crippen molar-refractivity contribution in [3.8, 4) is 16.9 Å². The van der Waals surface area contributed by atoms with Crippen LogP contribution in [0.1, 0.15) is 18.1 Å². The van der Waals surface area contributed by atoms with Crippen LogP contribution in [0, 0.1) is 0 Å². The Bertz CT molecular complexity index is 905. The number of carbonyl (C=O) groups excluding carboxylic acids is 2. The Morgan fingerprint density at radius 1 is 1.18 bits per heavy atom. The molecule has 0 aromatic heterocycles. The monoisotopic (exact) mass is 382 g/mol. The van der Waals surface area contributed by atoms with Crippen molar-refractivity contribution in [2.75, 3.05) is 26.3 Å². The second kappa shape index (κ2) is 7.71. The number of hydrogen-bond donors (Lipinski definition) is 2. The van der Waals surface area contributed by atoms with E-state index in [0.717, 1.165) is 23.1 Å². The molecule has 2 aromatic carbocycles. The number of ether oxygens (including phenoxy) is 2. The van der Waals surface area contributed by atoms with Crippen molar-refractivity contribution in [2.24, 2.45) is 0 Å². The van der Waals surface area contributed by atoms with Gasteiger partial charge in [0.15, 0.2) is 0 Å². The van der Waals surface area contributed by atoms with Crippen LogP contribution in [0.15, 0.2) is 42.5 Å². The molecule has 1 atom stereocenters. The molecule has 146 valence electrons. The first-order chi connectivity index (χ1) is 13.7. The summed E-state index contributed by atoms with van der Waals surface area (Å²) in [4.78, 5) is 30.7. The number of hydrogen-bond acceptors (Lipinski definition) is 6. The molecule has 0 bridgehead atoms. The van der Waals surface area contributed by atoms with Crippen molar-refractivity contribution in [1.82, 2.24) is 10.8 Å². The van der Waals surface area contributed by atoms with E-state index in [4.69, 9.17) is 14.3 Å². The lowest BCUT2D eigenvalue weighted by Gasteiger charge is -2.33. The molecule has 2 N–H and O–H groups in total. The van der Waals surface area contributed by atoms with Gasteiger partial charge < -0.3 is 14.8 Å². The van der Waals surface area contributed by atoms with Crippen LogP contribution in [0.5, 0.6) is 5.75 Å². The number of esters is 1. The Kier molecular flexibility index (Phi) is 5.13. The topological polar surface area (TPSA) is 85.9 Å². The maximum Gasteiger partial charge on any atom is 0.355 e. The van der Waals surface area contributed by atoms with Gasteiger partial charge in [-0.2, -0.15) is 0 Å². The summed E-state index contributed by atoms with van der Waals surface area (Å²) in [6.45, 7) is 2.77. The molecule has 1 heterocycles. The summed E-state index contributed by atoms with van der Waals surface area (Å²) in [6.07, 6.45) is 0.783. The van der Waals surface area contributed by atoms with Gasteiger partial charge >= 0.3 is 5.97 Å². The number of carbonyl (C=O) groups is 2. The minimum atomic E-state index is -1.80. The fourth-order valence-corrected chi connectivity index (χ4v) is 3.62. The molecule has 7 heteroatoms. The second-order valence-electron chi connectivity index (χ2n) is 6.73. The maximum atomic E-state index is 13.1. The minimum Gasteiger partial charge on any atom is -0.423 e. The second-order valence-corrected chi connectivity index (χ2v) is 6.73. The summed E-state index contributed by atoms with van der Waals surface area (Å²) in [6, 6.07) is 13.6. The Balaban J connectivity index is 1.65. The fraction of sp³-hybridized carbons (Fsp3) is 0.333. The number of rotatable bonds is 5. The highest BCUT2D eigenvalue weighted by molar-refractivity contribution is 6.07. The van der Waals surface area contributed by atoms with Crippen molar-refractivity contribution in [1.29, 1.82) is 0 Å². The highest BCUT2D eigenvalue weighted by Crippen LogP contribution is 2.42. The van der Waals surface area contributed by atoms with Crippen LogP contribution in [0.25, 0.3) is 11.1 Å². The summed E-state index contributed by atoms with van der Waals surface area (Å²) in [7, 11) is 0. The third kappa shape index (κ3) is 3.17. The van der Waals surface area contributed by atoms with Gasteiger partial charge in [-0.1, -0.05) is 36.4 Å². The average Bonchev–Trinajstić information content (AvgIpc) is 3.12. The molecule has 1 fully saturated rings. The number of fused-ring (bicyclic) bond motifs is 3. The van der Waals surface area contributed by atoms with Crippen molar-refractivity contribution < 1.29 is 23.9 Å². The summed E-state index contributed by atoms with van der Waals surface area (Å²) in [5, 5.41) is 3.03. The highest BCUT2D eigenvalue weighted by Gasteiger charge is 2.51. The predicted octanol–water partition coefficient (Wildman–Crippen LogP) is 1.59. The first kappa shape index (κ1) is 18.6. The molecular formula is C21H22N2O5. The van der Waals surface area contributed by atoms with Crippen LogP contribution in [-0.4, -0.2) is 43.8 Å². The molecule has 7 nitrogen and oxygen atoms in total. The summed E-state index contributed by atoms with van der Waals surface area (Å²) < 4.78 is 11.4. The van der Waals surface area contributed by atoms with Crippen LogP contribution in [-0.2, 0) is 25.6 Å². The number of hydroxylamine groups is 1. The zero-order chi connectivity index (χ0) is 19.6.